The first-order valence-corrected chi connectivity index (χ1v) is 15.3. The molecule has 3 heterocycles. The molecule has 3 aromatic carbocycles. The van der Waals surface area contributed by atoms with Crippen LogP contribution in [0.4, 0.5) is 5.82 Å². The number of aryl methyl sites for hydroxylation is 1. The molecule has 4 aromatic rings. The number of methoxy groups -OCH3 is 2. The highest BCUT2D eigenvalue weighted by Crippen LogP contribution is 2.49. The summed E-state index contributed by atoms with van der Waals surface area (Å²) in [4.78, 5) is 31.0. The summed E-state index contributed by atoms with van der Waals surface area (Å²) in [6.45, 7) is 3.92. The number of amides is 2. The van der Waals surface area contributed by atoms with Crippen molar-refractivity contribution in [1.82, 2.24) is 14.7 Å². The lowest BCUT2D eigenvalue weighted by Gasteiger charge is -2.30. The molecule has 0 aliphatic carbocycles. The normalized spacial score (nSPS) is 16.9. The summed E-state index contributed by atoms with van der Waals surface area (Å²) in [6, 6.07) is 23.8. The Balaban J connectivity index is 1.59. The van der Waals surface area contributed by atoms with E-state index < -0.39 is 0 Å². The van der Waals surface area contributed by atoms with E-state index in [2.05, 4.69) is 0 Å². The molecule has 0 spiro atoms. The fourth-order valence-electron chi connectivity index (χ4n) is 5.60. The summed E-state index contributed by atoms with van der Waals surface area (Å²) >= 11 is 1.52. The van der Waals surface area contributed by atoms with Gasteiger partial charge in [-0.1, -0.05) is 48.5 Å². The number of morpholine rings is 1. The third kappa shape index (κ3) is 5.72. The zero-order chi connectivity index (χ0) is 29.9. The lowest BCUT2D eigenvalue weighted by molar-refractivity contribution is -0.134. The van der Waals surface area contributed by atoms with Gasteiger partial charge in [0, 0.05) is 24.2 Å². The van der Waals surface area contributed by atoms with Gasteiger partial charge in [-0.15, -0.1) is 11.8 Å². The second kappa shape index (κ2) is 12.5. The van der Waals surface area contributed by atoms with Crippen LogP contribution in [0.25, 0.3) is 16.9 Å². The van der Waals surface area contributed by atoms with E-state index in [1.807, 2.05) is 84.4 Å². The van der Waals surface area contributed by atoms with Crippen molar-refractivity contribution in [3.63, 3.8) is 0 Å². The van der Waals surface area contributed by atoms with Crippen LogP contribution in [0, 0.1) is 6.92 Å². The van der Waals surface area contributed by atoms with E-state index >= 15 is 0 Å². The number of aromatic nitrogens is 2. The Bertz CT molecular complexity index is 1630. The molecule has 9 nitrogen and oxygen atoms in total. The highest BCUT2D eigenvalue weighted by molar-refractivity contribution is 8.00. The average Bonchev–Trinajstić information content (AvgIpc) is 3.37. The molecule has 1 aromatic heterocycles. The molecule has 0 unspecified atom stereocenters. The van der Waals surface area contributed by atoms with Crippen molar-refractivity contribution in [2.45, 2.75) is 12.2 Å². The number of benzene rings is 3. The van der Waals surface area contributed by atoms with Gasteiger partial charge in [-0.2, -0.15) is 5.10 Å². The van der Waals surface area contributed by atoms with Crippen molar-refractivity contribution in [1.29, 1.82) is 0 Å². The van der Waals surface area contributed by atoms with Gasteiger partial charge in [0.05, 0.1) is 49.8 Å². The number of carbonyl (C=O) groups is 2. The molecule has 1 atom stereocenters. The maximum Gasteiger partial charge on any atom is 0.242 e. The number of nitrogens with zero attached hydrogens (tertiary/aromatic N) is 4. The molecular weight excluding hydrogens is 564 g/mol. The van der Waals surface area contributed by atoms with Crippen LogP contribution in [0.5, 0.6) is 11.5 Å². The molecule has 0 radical (unpaired) electrons. The number of thioether (sulfide) groups is 1. The first-order chi connectivity index (χ1) is 21.0. The van der Waals surface area contributed by atoms with E-state index in [4.69, 9.17) is 19.3 Å². The first-order valence-electron chi connectivity index (χ1n) is 14.2. The molecule has 2 amide bonds. The fraction of sp³-hybridized carbons (Fsp3) is 0.303. The predicted octanol–water partition coefficient (Wildman–Crippen LogP) is 4.89. The fourth-order valence-corrected chi connectivity index (χ4v) is 6.78. The van der Waals surface area contributed by atoms with E-state index in [0.29, 0.717) is 43.6 Å². The van der Waals surface area contributed by atoms with Crippen LogP contribution in [-0.4, -0.2) is 79.3 Å². The third-order valence-electron chi connectivity index (χ3n) is 7.75. The molecule has 2 aliphatic rings. The van der Waals surface area contributed by atoms with Crippen molar-refractivity contribution in [3.05, 3.63) is 89.5 Å². The summed E-state index contributed by atoms with van der Waals surface area (Å²) in [5.74, 6) is 1.74. The molecule has 2 aliphatic heterocycles. The van der Waals surface area contributed by atoms with Gasteiger partial charge in [0.2, 0.25) is 11.8 Å². The van der Waals surface area contributed by atoms with Crippen molar-refractivity contribution in [3.8, 4) is 28.4 Å². The Morgan fingerprint density at radius 1 is 0.977 bits per heavy atom. The maximum atomic E-state index is 14.0. The molecule has 10 heteroatoms. The Hall–Kier alpha value is -4.28. The van der Waals surface area contributed by atoms with Crippen LogP contribution in [0.3, 0.4) is 0 Å². The van der Waals surface area contributed by atoms with Crippen molar-refractivity contribution in [2.75, 3.05) is 57.7 Å². The lowest BCUT2D eigenvalue weighted by Crippen LogP contribution is -2.48. The van der Waals surface area contributed by atoms with E-state index in [0.717, 1.165) is 33.6 Å². The predicted molar refractivity (Wildman–Crippen MR) is 167 cm³/mol. The van der Waals surface area contributed by atoms with Crippen LogP contribution in [-0.2, 0) is 14.3 Å². The number of hydrogen-bond donors (Lipinski definition) is 0. The molecule has 1 saturated heterocycles. The number of anilines is 1. The number of ether oxygens (including phenoxy) is 3. The minimum atomic E-state index is -0.281. The van der Waals surface area contributed by atoms with Gasteiger partial charge in [-0.05, 0) is 42.3 Å². The standard InChI is InChI=1S/C33H34N4O5S/c1-22-8-7-11-25(18-22)37-33-30(31(34-37)23-9-5-4-6-10-23)32(24-12-13-26(40-2)27(19-24)41-3)43-21-29(39)36(33)20-28(38)35-14-16-42-17-15-35/h4-13,18-19,32H,14-17,20-21H2,1-3H3/t32-/m0/s1. The van der Waals surface area contributed by atoms with Gasteiger partial charge >= 0.3 is 0 Å². The van der Waals surface area contributed by atoms with E-state index in [1.54, 1.807) is 24.0 Å². The molecule has 43 heavy (non-hydrogen) atoms. The molecule has 6 rings (SSSR count). The van der Waals surface area contributed by atoms with Crippen LogP contribution in [0.15, 0.2) is 72.8 Å². The number of hydrogen-bond acceptors (Lipinski definition) is 7. The van der Waals surface area contributed by atoms with Crippen LogP contribution >= 0.6 is 11.8 Å². The zero-order valence-electron chi connectivity index (χ0n) is 24.5. The molecule has 1 fully saturated rings. The summed E-state index contributed by atoms with van der Waals surface area (Å²) in [6.07, 6.45) is 0. The van der Waals surface area contributed by atoms with Gasteiger partial charge in [0.25, 0.3) is 0 Å². The van der Waals surface area contributed by atoms with Gasteiger partial charge in [0.15, 0.2) is 11.5 Å². The molecule has 222 valence electrons. The molecule has 0 N–H and O–H groups in total. The Morgan fingerprint density at radius 2 is 1.74 bits per heavy atom. The van der Waals surface area contributed by atoms with Gasteiger partial charge < -0.3 is 19.1 Å². The number of carbonyl (C=O) groups excluding carboxylic acids is 2. The Labute approximate surface area is 255 Å². The van der Waals surface area contributed by atoms with Crippen LogP contribution < -0.4 is 14.4 Å². The summed E-state index contributed by atoms with van der Waals surface area (Å²) in [5.41, 5.74) is 5.36. The summed E-state index contributed by atoms with van der Waals surface area (Å²) in [5, 5.41) is 4.90. The molecular formula is C33H34N4O5S. The van der Waals surface area contributed by atoms with E-state index in [-0.39, 0.29) is 29.4 Å². The number of fused-ring (bicyclic) bond motifs is 1. The maximum absolute atomic E-state index is 14.0. The second-order valence-corrected chi connectivity index (χ2v) is 11.6. The van der Waals surface area contributed by atoms with Crippen molar-refractivity contribution >= 4 is 29.4 Å². The van der Waals surface area contributed by atoms with Gasteiger partial charge in [0.1, 0.15) is 12.4 Å². The minimum absolute atomic E-state index is 0.0865. The van der Waals surface area contributed by atoms with E-state index in [1.165, 1.54) is 11.8 Å². The highest BCUT2D eigenvalue weighted by atomic mass is 32.2. The van der Waals surface area contributed by atoms with E-state index in [9.17, 15) is 9.59 Å². The molecule has 0 saturated carbocycles. The first kappa shape index (κ1) is 28.8. The van der Waals surface area contributed by atoms with Crippen LogP contribution in [0.1, 0.15) is 21.9 Å². The highest BCUT2D eigenvalue weighted by Gasteiger charge is 2.38. The summed E-state index contributed by atoms with van der Waals surface area (Å²) < 4.78 is 18.5. The summed E-state index contributed by atoms with van der Waals surface area (Å²) in [7, 11) is 3.22. The average molecular weight is 599 g/mol. The smallest absolute Gasteiger partial charge is 0.242 e. The van der Waals surface area contributed by atoms with Crippen molar-refractivity contribution in [2.24, 2.45) is 0 Å². The van der Waals surface area contributed by atoms with Gasteiger partial charge in [-0.25, -0.2) is 4.68 Å². The Morgan fingerprint density at radius 3 is 2.47 bits per heavy atom. The van der Waals surface area contributed by atoms with Gasteiger partial charge in [-0.3, -0.25) is 14.5 Å². The lowest BCUT2D eigenvalue weighted by atomic mass is 9.99. The monoisotopic (exact) mass is 598 g/mol. The number of rotatable bonds is 7. The third-order valence-corrected chi connectivity index (χ3v) is 9.00. The quantitative estimate of drug-likeness (QED) is 0.299. The van der Waals surface area contributed by atoms with Crippen molar-refractivity contribution < 1.29 is 23.8 Å². The Kier molecular flexibility index (Phi) is 8.40. The molecule has 0 bridgehead atoms. The zero-order valence-corrected chi connectivity index (χ0v) is 25.3. The minimum Gasteiger partial charge on any atom is -0.493 e. The topological polar surface area (TPSA) is 86.1 Å². The second-order valence-electron chi connectivity index (χ2n) is 10.5. The SMILES string of the molecule is COc1ccc([C@@H]2SCC(=O)N(CC(=O)N3CCOCC3)c3c2c(-c2ccccc2)nn3-c2cccc(C)c2)cc1OC. The largest absolute Gasteiger partial charge is 0.493 e. The van der Waals surface area contributed by atoms with Crippen LogP contribution in [0.2, 0.25) is 0 Å².